The first-order chi connectivity index (χ1) is 8.22. The van der Waals surface area contributed by atoms with Gasteiger partial charge in [-0.25, -0.2) is 0 Å². The minimum absolute atomic E-state index is 0.131. The van der Waals surface area contributed by atoms with Crippen molar-refractivity contribution >= 4 is 11.6 Å². The first kappa shape index (κ1) is 11.8. The Labute approximate surface area is 105 Å². The average Bonchev–Trinajstić information content (AvgIpc) is 2.38. The van der Waals surface area contributed by atoms with Gasteiger partial charge in [0.1, 0.15) is 0 Å². The number of ether oxygens (including phenoxy) is 1. The minimum Gasteiger partial charge on any atom is -0.467 e. The van der Waals surface area contributed by atoms with Crippen molar-refractivity contribution in [2.45, 2.75) is 13.3 Å². The van der Waals surface area contributed by atoms with Gasteiger partial charge >= 0.3 is 6.01 Å². The molecule has 0 aliphatic carbocycles. The number of aryl methyl sites for hydroxylation is 1. The van der Waals surface area contributed by atoms with Gasteiger partial charge in [0.05, 0.1) is 7.11 Å². The summed E-state index contributed by atoms with van der Waals surface area (Å²) in [5.41, 5.74) is 2.16. The number of nitrogens with zero attached hydrogens (tertiary/aromatic N) is 3. The highest BCUT2D eigenvalue weighted by atomic mass is 35.5. The Hall–Kier alpha value is -1.68. The molecule has 0 atom stereocenters. The monoisotopic (exact) mass is 249 g/mol. The summed E-state index contributed by atoms with van der Waals surface area (Å²) in [5, 5.41) is 0.131. The lowest BCUT2D eigenvalue weighted by atomic mass is 10.1. The highest BCUT2D eigenvalue weighted by molar-refractivity contribution is 6.28. The second-order valence-electron chi connectivity index (χ2n) is 3.47. The fourth-order valence-electron chi connectivity index (χ4n) is 1.44. The maximum absolute atomic E-state index is 5.79. The van der Waals surface area contributed by atoms with E-state index in [4.69, 9.17) is 16.3 Å². The number of methoxy groups -OCH3 is 1. The highest BCUT2D eigenvalue weighted by Crippen LogP contribution is 2.19. The van der Waals surface area contributed by atoms with Crippen molar-refractivity contribution in [1.29, 1.82) is 0 Å². The lowest BCUT2D eigenvalue weighted by molar-refractivity contribution is 0.379. The molecule has 88 valence electrons. The third kappa shape index (κ3) is 2.71. The van der Waals surface area contributed by atoms with Crippen LogP contribution in [0.25, 0.3) is 11.4 Å². The number of halogens is 1. The maximum Gasteiger partial charge on any atom is 0.321 e. The summed E-state index contributed by atoms with van der Waals surface area (Å²) in [6.45, 7) is 2.11. The largest absolute Gasteiger partial charge is 0.467 e. The van der Waals surface area contributed by atoms with Crippen LogP contribution in [0.2, 0.25) is 5.28 Å². The molecule has 0 fully saturated rings. The predicted molar refractivity (Wildman–Crippen MR) is 66.2 cm³/mol. The van der Waals surface area contributed by atoms with Crippen LogP contribution in [-0.2, 0) is 6.42 Å². The number of aromatic nitrogens is 3. The molecule has 0 radical (unpaired) electrons. The van der Waals surface area contributed by atoms with E-state index in [1.807, 2.05) is 24.3 Å². The minimum atomic E-state index is 0.131. The first-order valence-electron chi connectivity index (χ1n) is 5.28. The molecule has 0 aliphatic heterocycles. The van der Waals surface area contributed by atoms with Crippen molar-refractivity contribution < 1.29 is 4.74 Å². The first-order valence-corrected chi connectivity index (χ1v) is 5.65. The Kier molecular flexibility index (Phi) is 3.54. The maximum atomic E-state index is 5.79. The molecular formula is C12H12ClN3O. The molecule has 2 aromatic rings. The van der Waals surface area contributed by atoms with Gasteiger partial charge in [-0.2, -0.15) is 15.0 Å². The highest BCUT2D eigenvalue weighted by Gasteiger charge is 2.07. The van der Waals surface area contributed by atoms with E-state index in [0.29, 0.717) is 5.82 Å². The van der Waals surface area contributed by atoms with E-state index in [2.05, 4.69) is 21.9 Å². The van der Waals surface area contributed by atoms with Gasteiger partial charge in [0.15, 0.2) is 5.82 Å². The molecule has 0 unspecified atom stereocenters. The zero-order valence-corrected chi connectivity index (χ0v) is 10.4. The molecule has 0 N–H and O–H groups in total. The predicted octanol–water partition coefficient (Wildman–Crippen LogP) is 2.76. The van der Waals surface area contributed by atoms with Gasteiger partial charge in [-0.1, -0.05) is 31.2 Å². The number of hydrogen-bond acceptors (Lipinski definition) is 4. The summed E-state index contributed by atoms with van der Waals surface area (Å²) in [6.07, 6.45) is 1.00. The Morgan fingerprint density at radius 3 is 2.41 bits per heavy atom. The van der Waals surface area contributed by atoms with E-state index in [9.17, 15) is 0 Å². The molecule has 1 aromatic carbocycles. The van der Waals surface area contributed by atoms with E-state index in [-0.39, 0.29) is 11.3 Å². The average molecular weight is 250 g/mol. The zero-order chi connectivity index (χ0) is 12.3. The van der Waals surface area contributed by atoms with Crippen molar-refractivity contribution in [2.75, 3.05) is 7.11 Å². The molecule has 4 nitrogen and oxygen atoms in total. The van der Waals surface area contributed by atoms with E-state index >= 15 is 0 Å². The molecule has 1 aromatic heterocycles. The molecule has 0 saturated heterocycles. The fourth-order valence-corrected chi connectivity index (χ4v) is 1.59. The van der Waals surface area contributed by atoms with Crippen LogP contribution in [0.5, 0.6) is 6.01 Å². The Balaban J connectivity index is 2.41. The number of benzene rings is 1. The van der Waals surface area contributed by atoms with Crippen LogP contribution in [0.15, 0.2) is 24.3 Å². The van der Waals surface area contributed by atoms with Crippen LogP contribution >= 0.6 is 11.6 Å². The van der Waals surface area contributed by atoms with E-state index in [1.165, 1.54) is 12.7 Å². The van der Waals surface area contributed by atoms with Gasteiger partial charge in [0, 0.05) is 5.56 Å². The normalized spacial score (nSPS) is 10.3. The SMILES string of the molecule is CCc1ccc(-c2nc(Cl)nc(OC)n2)cc1. The molecule has 1 heterocycles. The third-order valence-electron chi connectivity index (χ3n) is 2.39. The van der Waals surface area contributed by atoms with Crippen LogP contribution in [0.4, 0.5) is 0 Å². The van der Waals surface area contributed by atoms with Crippen molar-refractivity contribution in [3.63, 3.8) is 0 Å². The van der Waals surface area contributed by atoms with Gasteiger partial charge in [-0.05, 0) is 23.6 Å². The summed E-state index contributed by atoms with van der Waals surface area (Å²) in [4.78, 5) is 12.1. The summed E-state index contributed by atoms with van der Waals surface area (Å²) >= 11 is 5.79. The summed E-state index contributed by atoms with van der Waals surface area (Å²) < 4.78 is 4.96. The van der Waals surface area contributed by atoms with Crippen molar-refractivity contribution in [3.05, 3.63) is 35.1 Å². The van der Waals surface area contributed by atoms with E-state index in [0.717, 1.165) is 12.0 Å². The van der Waals surface area contributed by atoms with Crippen LogP contribution in [0.3, 0.4) is 0 Å². The van der Waals surface area contributed by atoms with Crippen molar-refractivity contribution in [2.24, 2.45) is 0 Å². The Morgan fingerprint density at radius 2 is 1.82 bits per heavy atom. The molecular weight excluding hydrogens is 238 g/mol. The number of rotatable bonds is 3. The lowest BCUT2D eigenvalue weighted by Gasteiger charge is -2.03. The second-order valence-corrected chi connectivity index (χ2v) is 3.80. The molecule has 0 spiro atoms. The van der Waals surface area contributed by atoms with Crippen LogP contribution in [-0.4, -0.2) is 22.1 Å². The quantitative estimate of drug-likeness (QED) is 0.839. The molecule has 0 saturated carbocycles. The molecule has 0 amide bonds. The van der Waals surface area contributed by atoms with Gasteiger partial charge < -0.3 is 4.74 Å². The van der Waals surface area contributed by atoms with Crippen molar-refractivity contribution in [1.82, 2.24) is 15.0 Å². The molecule has 5 heteroatoms. The second kappa shape index (κ2) is 5.10. The topological polar surface area (TPSA) is 47.9 Å². The Morgan fingerprint density at radius 1 is 1.12 bits per heavy atom. The lowest BCUT2D eigenvalue weighted by Crippen LogP contribution is -1.97. The third-order valence-corrected chi connectivity index (χ3v) is 2.56. The van der Waals surface area contributed by atoms with Crippen LogP contribution < -0.4 is 4.74 Å². The van der Waals surface area contributed by atoms with Crippen molar-refractivity contribution in [3.8, 4) is 17.4 Å². The summed E-state index contributed by atoms with van der Waals surface area (Å²) in [5.74, 6) is 0.518. The van der Waals surface area contributed by atoms with Gasteiger partial charge in [-0.3, -0.25) is 0 Å². The Bertz CT molecular complexity index is 514. The molecule has 0 bridgehead atoms. The summed E-state index contributed by atoms with van der Waals surface area (Å²) in [6, 6.07) is 8.23. The van der Waals surface area contributed by atoms with Crippen LogP contribution in [0.1, 0.15) is 12.5 Å². The van der Waals surface area contributed by atoms with Gasteiger partial charge in [0.25, 0.3) is 0 Å². The molecule has 0 aliphatic rings. The summed E-state index contributed by atoms with van der Waals surface area (Å²) in [7, 11) is 1.50. The number of hydrogen-bond donors (Lipinski definition) is 0. The van der Waals surface area contributed by atoms with E-state index in [1.54, 1.807) is 0 Å². The van der Waals surface area contributed by atoms with Gasteiger partial charge in [0.2, 0.25) is 5.28 Å². The zero-order valence-electron chi connectivity index (χ0n) is 9.64. The molecule has 17 heavy (non-hydrogen) atoms. The fraction of sp³-hybridized carbons (Fsp3) is 0.250. The molecule has 2 rings (SSSR count). The standard InChI is InChI=1S/C12H12ClN3O/c1-3-8-4-6-9(7-5-8)10-14-11(13)16-12(15-10)17-2/h4-7H,3H2,1-2H3. The van der Waals surface area contributed by atoms with Crippen LogP contribution in [0, 0.1) is 0 Å². The van der Waals surface area contributed by atoms with Gasteiger partial charge in [-0.15, -0.1) is 0 Å². The smallest absolute Gasteiger partial charge is 0.321 e. The van der Waals surface area contributed by atoms with E-state index < -0.39 is 0 Å².